The van der Waals surface area contributed by atoms with Crippen LogP contribution in [0.15, 0.2) is 29.2 Å². The minimum Gasteiger partial charge on any atom is -0.481 e. The highest BCUT2D eigenvalue weighted by atomic mass is 32.2. The molecular formula is C18H24N2O5S. The number of benzene rings is 1. The van der Waals surface area contributed by atoms with E-state index in [1.165, 1.54) is 21.3 Å². The maximum Gasteiger partial charge on any atom is 0.308 e. The van der Waals surface area contributed by atoms with Gasteiger partial charge in [-0.3, -0.25) is 9.59 Å². The predicted molar refractivity (Wildman–Crippen MR) is 95.3 cm³/mol. The highest BCUT2D eigenvalue weighted by Gasteiger charge is 2.40. The number of carbonyl (C=O) groups is 2. The molecule has 2 fully saturated rings. The Kier molecular flexibility index (Phi) is 5.34. The molecular weight excluding hydrogens is 356 g/mol. The van der Waals surface area contributed by atoms with Crippen molar-refractivity contribution in [2.75, 3.05) is 19.6 Å². The number of carboxylic acid groups (broad SMARTS) is 1. The Bertz CT molecular complexity index is 802. The Hall–Kier alpha value is -1.93. The zero-order chi connectivity index (χ0) is 18.9. The van der Waals surface area contributed by atoms with Gasteiger partial charge in [0.05, 0.1) is 16.4 Å². The lowest BCUT2D eigenvalue weighted by molar-refractivity contribution is -0.142. The number of hydrogen-bond donors (Lipinski definition) is 1. The molecule has 8 heteroatoms. The third-order valence-electron chi connectivity index (χ3n) is 5.38. The molecule has 0 saturated carbocycles. The van der Waals surface area contributed by atoms with Crippen molar-refractivity contribution < 1.29 is 23.1 Å². The SMILES string of the molecule is CC1C(C(=O)O)CCN1C(=O)c1ccccc1S(=O)(=O)N1CCCCC1. The van der Waals surface area contributed by atoms with Gasteiger partial charge in [-0.05, 0) is 38.3 Å². The molecule has 0 aromatic heterocycles. The maximum atomic E-state index is 13.0. The minimum atomic E-state index is -3.75. The van der Waals surface area contributed by atoms with E-state index in [2.05, 4.69) is 0 Å². The molecule has 0 radical (unpaired) electrons. The molecule has 2 saturated heterocycles. The van der Waals surface area contributed by atoms with Crippen LogP contribution in [-0.2, 0) is 14.8 Å². The first kappa shape index (κ1) is 18.8. The van der Waals surface area contributed by atoms with Crippen LogP contribution >= 0.6 is 0 Å². The van der Waals surface area contributed by atoms with E-state index in [0.717, 1.165) is 19.3 Å². The van der Waals surface area contributed by atoms with Crippen molar-refractivity contribution in [1.82, 2.24) is 9.21 Å². The average molecular weight is 380 g/mol. The van der Waals surface area contributed by atoms with E-state index in [4.69, 9.17) is 0 Å². The summed E-state index contributed by atoms with van der Waals surface area (Å²) in [5.74, 6) is -1.97. The molecule has 1 aromatic rings. The number of rotatable bonds is 4. The van der Waals surface area contributed by atoms with Crippen LogP contribution in [0.4, 0.5) is 0 Å². The Morgan fingerprint density at radius 2 is 1.73 bits per heavy atom. The number of piperidine rings is 1. The van der Waals surface area contributed by atoms with E-state index in [1.54, 1.807) is 19.1 Å². The lowest BCUT2D eigenvalue weighted by Crippen LogP contribution is -2.40. The Morgan fingerprint density at radius 1 is 1.08 bits per heavy atom. The summed E-state index contributed by atoms with van der Waals surface area (Å²) in [5, 5.41) is 9.27. The lowest BCUT2D eigenvalue weighted by atomic mass is 10.0. The number of hydrogen-bond acceptors (Lipinski definition) is 4. The number of likely N-dealkylation sites (tertiary alicyclic amines) is 1. The monoisotopic (exact) mass is 380 g/mol. The van der Waals surface area contributed by atoms with Crippen LogP contribution in [0.25, 0.3) is 0 Å². The number of aliphatic carboxylic acids is 1. The van der Waals surface area contributed by atoms with Crippen LogP contribution in [0.3, 0.4) is 0 Å². The number of amides is 1. The van der Waals surface area contributed by atoms with Crippen LogP contribution < -0.4 is 0 Å². The summed E-state index contributed by atoms with van der Waals surface area (Å²) in [7, 11) is -3.75. The predicted octanol–water partition coefficient (Wildman–Crippen LogP) is 1.80. The zero-order valence-corrected chi connectivity index (χ0v) is 15.6. The number of carbonyl (C=O) groups excluding carboxylic acids is 1. The Labute approximate surface area is 153 Å². The second kappa shape index (κ2) is 7.36. The van der Waals surface area contributed by atoms with E-state index < -0.39 is 33.9 Å². The number of nitrogens with zero attached hydrogens (tertiary/aromatic N) is 2. The molecule has 2 aliphatic heterocycles. The average Bonchev–Trinajstić information content (AvgIpc) is 3.03. The molecule has 142 valence electrons. The summed E-state index contributed by atoms with van der Waals surface area (Å²) in [6.07, 6.45) is 3.02. The fourth-order valence-corrected chi connectivity index (χ4v) is 5.52. The van der Waals surface area contributed by atoms with Gasteiger partial charge < -0.3 is 10.0 Å². The van der Waals surface area contributed by atoms with Gasteiger partial charge in [0.2, 0.25) is 10.0 Å². The van der Waals surface area contributed by atoms with Crippen LogP contribution in [0.5, 0.6) is 0 Å². The van der Waals surface area contributed by atoms with Gasteiger partial charge in [0, 0.05) is 25.7 Å². The fraction of sp³-hybridized carbons (Fsp3) is 0.556. The minimum absolute atomic E-state index is 0.0119. The largest absolute Gasteiger partial charge is 0.481 e. The Balaban J connectivity index is 1.92. The highest BCUT2D eigenvalue weighted by molar-refractivity contribution is 7.89. The third kappa shape index (κ3) is 3.35. The molecule has 26 heavy (non-hydrogen) atoms. The number of sulfonamides is 1. The molecule has 2 unspecified atom stereocenters. The van der Waals surface area contributed by atoms with Crippen molar-refractivity contribution in [2.24, 2.45) is 5.92 Å². The quantitative estimate of drug-likeness (QED) is 0.859. The molecule has 3 rings (SSSR count). The smallest absolute Gasteiger partial charge is 0.308 e. The molecule has 1 aromatic carbocycles. The maximum absolute atomic E-state index is 13.0. The molecule has 0 spiro atoms. The van der Waals surface area contributed by atoms with Gasteiger partial charge in [-0.25, -0.2) is 8.42 Å². The summed E-state index contributed by atoms with van der Waals surface area (Å²) < 4.78 is 27.5. The van der Waals surface area contributed by atoms with Gasteiger partial charge in [-0.2, -0.15) is 4.31 Å². The highest BCUT2D eigenvalue weighted by Crippen LogP contribution is 2.29. The van der Waals surface area contributed by atoms with Gasteiger partial charge in [-0.15, -0.1) is 0 Å². The third-order valence-corrected chi connectivity index (χ3v) is 7.34. The lowest BCUT2D eigenvalue weighted by Gasteiger charge is -2.28. The summed E-state index contributed by atoms with van der Waals surface area (Å²) in [4.78, 5) is 25.8. The Morgan fingerprint density at radius 3 is 2.35 bits per heavy atom. The molecule has 2 aliphatic rings. The summed E-state index contributed by atoms with van der Waals surface area (Å²) in [6.45, 7) is 2.94. The van der Waals surface area contributed by atoms with Crippen molar-refractivity contribution in [3.63, 3.8) is 0 Å². The zero-order valence-electron chi connectivity index (χ0n) is 14.8. The van der Waals surface area contributed by atoms with E-state index in [9.17, 15) is 23.1 Å². The fourth-order valence-electron chi connectivity index (χ4n) is 3.82. The van der Waals surface area contributed by atoms with E-state index >= 15 is 0 Å². The standard InChI is InChI=1S/C18H24N2O5S/c1-13-14(18(22)23)9-12-20(13)17(21)15-7-3-4-8-16(15)26(24,25)19-10-5-2-6-11-19/h3-4,7-8,13-14H,2,5-6,9-12H2,1H3,(H,22,23). The second-order valence-electron chi connectivity index (χ2n) is 6.93. The molecule has 0 bridgehead atoms. The van der Waals surface area contributed by atoms with Crippen molar-refractivity contribution in [2.45, 2.75) is 43.5 Å². The van der Waals surface area contributed by atoms with E-state index in [1.807, 2.05) is 0 Å². The molecule has 0 aliphatic carbocycles. The van der Waals surface area contributed by atoms with Gasteiger partial charge in [0.15, 0.2) is 0 Å². The van der Waals surface area contributed by atoms with Gasteiger partial charge in [-0.1, -0.05) is 18.6 Å². The summed E-state index contributed by atoms with van der Waals surface area (Å²) in [5.41, 5.74) is 0.121. The van der Waals surface area contributed by atoms with Gasteiger partial charge >= 0.3 is 5.97 Å². The first-order chi connectivity index (χ1) is 12.3. The number of carboxylic acids is 1. The normalized spacial score (nSPS) is 24.6. The summed E-state index contributed by atoms with van der Waals surface area (Å²) in [6, 6.07) is 5.76. The second-order valence-corrected chi connectivity index (χ2v) is 8.84. The molecule has 2 atom stereocenters. The van der Waals surface area contributed by atoms with Gasteiger partial charge in [0.1, 0.15) is 0 Å². The van der Waals surface area contributed by atoms with Crippen LogP contribution in [0.1, 0.15) is 43.0 Å². The van der Waals surface area contributed by atoms with Gasteiger partial charge in [0.25, 0.3) is 5.91 Å². The van der Waals surface area contributed by atoms with Crippen LogP contribution in [-0.4, -0.2) is 60.3 Å². The topological polar surface area (TPSA) is 95.0 Å². The van der Waals surface area contributed by atoms with Crippen molar-refractivity contribution >= 4 is 21.9 Å². The molecule has 1 N–H and O–H groups in total. The first-order valence-electron chi connectivity index (χ1n) is 8.97. The van der Waals surface area contributed by atoms with Crippen LogP contribution in [0.2, 0.25) is 0 Å². The van der Waals surface area contributed by atoms with Crippen molar-refractivity contribution in [3.05, 3.63) is 29.8 Å². The summed E-state index contributed by atoms with van der Waals surface area (Å²) >= 11 is 0. The van der Waals surface area contributed by atoms with Crippen molar-refractivity contribution in [1.29, 1.82) is 0 Å². The first-order valence-corrected chi connectivity index (χ1v) is 10.4. The van der Waals surface area contributed by atoms with Crippen LogP contribution in [0, 0.1) is 5.92 Å². The van der Waals surface area contributed by atoms with E-state index in [-0.39, 0.29) is 10.5 Å². The molecule has 2 heterocycles. The molecule has 7 nitrogen and oxygen atoms in total. The van der Waals surface area contributed by atoms with E-state index in [0.29, 0.717) is 26.1 Å². The molecule has 1 amide bonds. The van der Waals surface area contributed by atoms with Crippen molar-refractivity contribution in [3.8, 4) is 0 Å².